The summed E-state index contributed by atoms with van der Waals surface area (Å²) in [6.07, 6.45) is -2.63. The number of halogens is 3. The summed E-state index contributed by atoms with van der Waals surface area (Å²) in [4.78, 5) is 14.4. The maximum atomic E-state index is 13.1. The van der Waals surface area contributed by atoms with E-state index in [1.165, 1.54) is 6.07 Å². The molecule has 7 heteroatoms. The third-order valence-electron chi connectivity index (χ3n) is 5.44. The van der Waals surface area contributed by atoms with Crippen molar-refractivity contribution in [1.82, 2.24) is 10.2 Å². The van der Waals surface area contributed by atoms with Crippen molar-refractivity contribution in [2.45, 2.75) is 38.0 Å². The molecule has 0 spiro atoms. The van der Waals surface area contributed by atoms with E-state index in [0.717, 1.165) is 36.3 Å². The third-order valence-corrected chi connectivity index (χ3v) is 5.44. The molecule has 0 saturated heterocycles. The number of amides is 2. The van der Waals surface area contributed by atoms with Crippen LogP contribution in [-0.2, 0) is 6.18 Å². The zero-order valence-corrected chi connectivity index (χ0v) is 16.7. The molecule has 2 aromatic rings. The van der Waals surface area contributed by atoms with Crippen molar-refractivity contribution in [3.05, 3.63) is 65.2 Å². The molecule has 2 atom stereocenters. The summed E-state index contributed by atoms with van der Waals surface area (Å²) in [5, 5.41) is 2.94. The van der Waals surface area contributed by atoms with Crippen molar-refractivity contribution in [2.75, 3.05) is 14.2 Å². The van der Waals surface area contributed by atoms with Crippen LogP contribution in [-0.4, -0.2) is 25.1 Å². The molecule has 156 valence electrons. The quantitative estimate of drug-likeness (QED) is 0.682. The highest BCUT2D eigenvalue weighted by Crippen LogP contribution is 2.42. The lowest BCUT2D eigenvalue weighted by Crippen LogP contribution is -2.41. The number of methoxy groups -OCH3 is 1. The average Bonchev–Trinajstić information content (AvgIpc) is 3.55. The van der Waals surface area contributed by atoms with E-state index in [9.17, 15) is 18.0 Å². The summed E-state index contributed by atoms with van der Waals surface area (Å²) >= 11 is 0. The Morgan fingerprint density at radius 1 is 1.14 bits per heavy atom. The molecule has 1 saturated carbocycles. The van der Waals surface area contributed by atoms with Gasteiger partial charge in [0.05, 0.1) is 24.8 Å². The highest BCUT2D eigenvalue weighted by Gasteiger charge is 2.36. The molecule has 0 bridgehead atoms. The van der Waals surface area contributed by atoms with E-state index in [4.69, 9.17) is 4.74 Å². The van der Waals surface area contributed by atoms with Gasteiger partial charge in [-0.15, -0.1) is 0 Å². The number of benzene rings is 2. The Hall–Kier alpha value is -2.70. The zero-order valence-electron chi connectivity index (χ0n) is 16.7. The molecule has 0 aromatic heterocycles. The fourth-order valence-electron chi connectivity index (χ4n) is 3.33. The van der Waals surface area contributed by atoms with Crippen LogP contribution in [0, 0.1) is 5.92 Å². The molecule has 0 radical (unpaired) electrons. The molecular weight excluding hydrogens is 381 g/mol. The molecule has 1 aliphatic carbocycles. The number of hydrogen-bond donors (Lipinski definition) is 1. The van der Waals surface area contributed by atoms with Crippen molar-refractivity contribution < 1.29 is 22.7 Å². The second kappa shape index (κ2) is 8.35. The van der Waals surface area contributed by atoms with Crippen LogP contribution >= 0.6 is 0 Å². The Bertz CT molecular complexity index is 848. The van der Waals surface area contributed by atoms with Gasteiger partial charge in [-0.3, -0.25) is 0 Å². The smallest absolute Gasteiger partial charge is 0.416 e. The summed E-state index contributed by atoms with van der Waals surface area (Å²) in [6.45, 7) is 1.90. The van der Waals surface area contributed by atoms with Crippen LogP contribution < -0.4 is 10.1 Å². The van der Waals surface area contributed by atoms with E-state index in [-0.39, 0.29) is 18.0 Å². The van der Waals surface area contributed by atoms with Gasteiger partial charge in [0.25, 0.3) is 0 Å². The molecule has 2 aromatic carbocycles. The first kappa shape index (κ1) is 21.0. The molecule has 0 aliphatic heterocycles. The Balaban J connectivity index is 1.74. The lowest BCUT2D eigenvalue weighted by atomic mass is 10.00. The topological polar surface area (TPSA) is 41.6 Å². The summed E-state index contributed by atoms with van der Waals surface area (Å²) < 4.78 is 44.4. The number of carbonyl (C=O) groups excluding carboxylic acids is 1. The van der Waals surface area contributed by atoms with Crippen molar-refractivity contribution in [3.63, 3.8) is 0 Å². The highest BCUT2D eigenvalue weighted by atomic mass is 19.4. The van der Waals surface area contributed by atoms with E-state index >= 15 is 0 Å². The minimum absolute atomic E-state index is 0.159. The standard InChI is InChI=1S/C22H25F3N2O2/c1-14(15-9-11-19(29-3)12-10-15)27(2)21(28)26-20(16-7-8-16)17-5-4-6-18(13-17)22(23,24)25/h4-6,9-14,16,20H,7-8H2,1-3H3,(H,26,28). The molecule has 1 N–H and O–H groups in total. The Morgan fingerprint density at radius 2 is 1.79 bits per heavy atom. The van der Waals surface area contributed by atoms with Crippen LogP contribution in [0.25, 0.3) is 0 Å². The predicted octanol–water partition coefficient (Wildman–Crippen LogP) is 5.57. The molecule has 2 unspecified atom stereocenters. The largest absolute Gasteiger partial charge is 0.497 e. The summed E-state index contributed by atoms with van der Waals surface area (Å²) in [7, 11) is 3.27. The molecule has 1 aliphatic rings. The van der Waals surface area contributed by atoms with E-state index in [2.05, 4.69) is 5.32 Å². The first-order chi connectivity index (χ1) is 13.7. The monoisotopic (exact) mass is 406 g/mol. The number of nitrogens with one attached hydrogen (secondary N) is 1. The first-order valence-corrected chi connectivity index (χ1v) is 9.55. The molecule has 4 nitrogen and oxygen atoms in total. The number of ether oxygens (including phenoxy) is 1. The van der Waals surface area contributed by atoms with Crippen LogP contribution in [0.2, 0.25) is 0 Å². The van der Waals surface area contributed by atoms with Gasteiger partial charge in [0.2, 0.25) is 0 Å². The van der Waals surface area contributed by atoms with E-state index in [1.54, 1.807) is 25.1 Å². The van der Waals surface area contributed by atoms with Gasteiger partial charge in [-0.1, -0.05) is 24.3 Å². The lowest BCUT2D eigenvalue weighted by molar-refractivity contribution is -0.137. The van der Waals surface area contributed by atoms with E-state index in [1.807, 2.05) is 31.2 Å². The van der Waals surface area contributed by atoms with Crippen LogP contribution in [0.5, 0.6) is 5.75 Å². The fraction of sp³-hybridized carbons (Fsp3) is 0.409. The number of hydrogen-bond acceptors (Lipinski definition) is 2. The summed E-state index contributed by atoms with van der Waals surface area (Å²) in [6, 6.07) is 11.7. The van der Waals surface area contributed by atoms with Gasteiger partial charge in [-0.2, -0.15) is 13.2 Å². The molecule has 1 fully saturated rings. The van der Waals surface area contributed by atoms with Crippen molar-refractivity contribution in [2.24, 2.45) is 5.92 Å². The maximum Gasteiger partial charge on any atom is 0.416 e. The number of rotatable bonds is 6. The van der Waals surface area contributed by atoms with Crippen LogP contribution in [0.15, 0.2) is 48.5 Å². The average molecular weight is 406 g/mol. The Morgan fingerprint density at radius 3 is 2.34 bits per heavy atom. The number of carbonyl (C=O) groups is 1. The molecule has 2 amide bonds. The van der Waals surface area contributed by atoms with Gasteiger partial charge in [0.1, 0.15) is 5.75 Å². The van der Waals surface area contributed by atoms with Gasteiger partial charge in [0.15, 0.2) is 0 Å². The molecular formula is C22H25F3N2O2. The van der Waals surface area contributed by atoms with Gasteiger partial charge in [0, 0.05) is 7.05 Å². The summed E-state index contributed by atoms with van der Waals surface area (Å²) in [5.41, 5.74) is 0.724. The predicted molar refractivity (Wildman–Crippen MR) is 105 cm³/mol. The Kier molecular flexibility index (Phi) is 6.05. The van der Waals surface area contributed by atoms with Gasteiger partial charge in [-0.05, 0) is 61.1 Å². The van der Waals surface area contributed by atoms with Crippen molar-refractivity contribution in [1.29, 1.82) is 0 Å². The minimum atomic E-state index is -4.41. The second-order valence-electron chi connectivity index (χ2n) is 7.45. The lowest BCUT2D eigenvalue weighted by Gasteiger charge is -2.29. The van der Waals surface area contributed by atoms with Crippen molar-refractivity contribution in [3.8, 4) is 5.75 Å². The minimum Gasteiger partial charge on any atom is -0.497 e. The maximum absolute atomic E-state index is 13.1. The van der Waals surface area contributed by atoms with Crippen molar-refractivity contribution >= 4 is 6.03 Å². The second-order valence-corrected chi connectivity index (χ2v) is 7.45. The van der Waals surface area contributed by atoms with Crippen LogP contribution in [0.3, 0.4) is 0 Å². The van der Waals surface area contributed by atoms with Gasteiger partial charge in [-0.25, -0.2) is 4.79 Å². The molecule has 29 heavy (non-hydrogen) atoms. The van der Waals surface area contributed by atoms with Gasteiger partial charge < -0.3 is 15.0 Å². The highest BCUT2D eigenvalue weighted by molar-refractivity contribution is 5.75. The number of urea groups is 1. The van der Waals surface area contributed by atoms with E-state index in [0.29, 0.717) is 5.56 Å². The fourth-order valence-corrected chi connectivity index (χ4v) is 3.33. The number of nitrogens with zero attached hydrogens (tertiary/aromatic N) is 1. The zero-order chi connectivity index (χ0) is 21.2. The van der Waals surface area contributed by atoms with Gasteiger partial charge >= 0.3 is 12.2 Å². The Labute approximate surface area is 168 Å². The summed E-state index contributed by atoms with van der Waals surface area (Å²) in [5.74, 6) is 0.888. The third kappa shape index (κ3) is 5.02. The van der Waals surface area contributed by atoms with Crippen LogP contribution in [0.4, 0.5) is 18.0 Å². The SMILES string of the molecule is COc1ccc(C(C)N(C)C(=O)NC(c2cccc(C(F)(F)F)c2)C2CC2)cc1. The number of alkyl halides is 3. The van der Waals surface area contributed by atoms with E-state index < -0.39 is 17.8 Å². The first-order valence-electron chi connectivity index (χ1n) is 9.55. The molecule has 3 rings (SSSR count). The normalized spacial score (nSPS) is 16.1. The molecule has 0 heterocycles. The van der Waals surface area contributed by atoms with Crippen LogP contribution in [0.1, 0.15) is 48.5 Å².